The van der Waals surface area contributed by atoms with Gasteiger partial charge in [0.05, 0.1) is 17.0 Å². The molecule has 1 aromatic carbocycles. The summed E-state index contributed by atoms with van der Waals surface area (Å²) in [4.78, 5) is 23.9. The predicted molar refractivity (Wildman–Crippen MR) is 130 cm³/mol. The summed E-state index contributed by atoms with van der Waals surface area (Å²) in [6.07, 6.45) is 4.86. The van der Waals surface area contributed by atoms with Crippen molar-refractivity contribution in [1.82, 2.24) is 19.7 Å². The maximum absolute atomic E-state index is 13.0. The highest BCUT2D eigenvalue weighted by Gasteiger charge is 2.27. The van der Waals surface area contributed by atoms with Crippen molar-refractivity contribution in [3.8, 4) is 28.3 Å². The van der Waals surface area contributed by atoms with Crippen LogP contribution >= 0.6 is 11.6 Å². The number of nitrogens with zero attached hydrogens (tertiary/aromatic N) is 5. The summed E-state index contributed by atoms with van der Waals surface area (Å²) in [5.74, 6) is 0.225. The molecule has 0 aliphatic rings. The number of carbonyl (C=O) groups is 1. The number of halogens is 3. The van der Waals surface area contributed by atoms with Crippen LogP contribution in [0.1, 0.15) is 10.4 Å². The van der Waals surface area contributed by atoms with E-state index in [4.69, 9.17) is 11.6 Å². The lowest BCUT2D eigenvalue weighted by atomic mass is 10.0. The van der Waals surface area contributed by atoms with E-state index in [1.165, 1.54) is 30.5 Å². The summed E-state index contributed by atoms with van der Waals surface area (Å²) in [5.41, 5.74) is -0.240. The molecule has 3 aromatic heterocycles. The first-order valence-electron chi connectivity index (χ1n) is 10.4. The first-order chi connectivity index (χ1) is 16.6. The number of benzene rings is 1. The maximum atomic E-state index is 13.0. The fraction of sp³-hybridized carbons (Fsp3) is 0.167. The molecular formula is C24H21ClF2N6O2. The average molecular weight is 499 g/mol. The van der Waals surface area contributed by atoms with Crippen LogP contribution in [0.25, 0.3) is 22.5 Å². The molecule has 0 atom stereocenters. The highest BCUT2D eigenvalue weighted by Crippen LogP contribution is 2.32. The van der Waals surface area contributed by atoms with Gasteiger partial charge in [-0.05, 0) is 48.5 Å². The highest BCUT2D eigenvalue weighted by atomic mass is 35.5. The number of anilines is 2. The summed E-state index contributed by atoms with van der Waals surface area (Å²) < 4.78 is 31.6. The van der Waals surface area contributed by atoms with E-state index in [0.717, 1.165) is 17.1 Å². The Morgan fingerprint density at radius 2 is 1.83 bits per heavy atom. The third-order valence-electron chi connectivity index (χ3n) is 5.08. The number of pyridine rings is 2. The van der Waals surface area contributed by atoms with Gasteiger partial charge in [0.15, 0.2) is 0 Å². The Hall–Kier alpha value is -4.05. The molecule has 0 aliphatic carbocycles. The molecule has 11 heteroatoms. The molecule has 180 valence electrons. The third-order valence-corrected chi connectivity index (χ3v) is 5.15. The molecule has 0 spiro atoms. The Morgan fingerprint density at radius 1 is 1.09 bits per heavy atom. The second-order valence-electron chi connectivity index (χ2n) is 7.79. The van der Waals surface area contributed by atoms with Gasteiger partial charge in [0.2, 0.25) is 0 Å². The van der Waals surface area contributed by atoms with Crippen LogP contribution in [0.2, 0.25) is 0 Å². The largest absolute Gasteiger partial charge is 0.487 e. The second-order valence-corrected chi connectivity index (χ2v) is 8.23. The van der Waals surface area contributed by atoms with Crippen LogP contribution in [0.3, 0.4) is 0 Å². The summed E-state index contributed by atoms with van der Waals surface area (Å²) >= 11 is 4.78. The van der Waals surface area contributed by atoms with Crippen molar-refractivity contribution in [3.63, 3.8) is 0 Å². The fourth-order valence-corrected chi connectivity index (χ4v) is 3.46. The van der Waals surface area contributed by atoms with Crippen LogP contribution in [0.4, 0.5) is 20.3 Å². The molecule has 0 radical (unpaired) electrons. The van der Waals surface area contributed by atoms with Crippen molar-refractivity contribution in [3.05, 3.63) is 72.7 Å². The molecule has 4 aromatic rings. The van der Waals surface area contributed by atoms with E-state index in [0.29, 0.717) is 22.5 Å². The van der Waals surface area contributed by atoms with E-state index >= 15 is 0 Å². The van der Waals surface area contributed by atoms with Crippen LogP contribution in [-0.2, 0) is 7.05 Å². The number of nitrogens with one attached hydrogen (secondary N) is 1. The minimum Gasteiger partial charge on any atom is -0.420 e. The number of rotatable bonds is 7. The minimum absolute atomic E-state index is 0.138. The number of ether oxygens (including phenoxy) is 1. The third kappa shape index (κ3) is 5.72. The molecule has 35 heavy (non-hydrogen) atoms. The van der Waals surface area contributed by atoms with Crippen LogP contribution in [0.15, 0.2) is 67.1 Å². The number of aryl methyl sites for hydroxylation is 1. The molecule has 1 N–H and O–H groups in total. The number of aromatic nitrogens is 4. The van der Waals surface area contributed by atoms with Crippen LogP contribution in [0, 0.1) is 0 Å². The molecule has 0 fully saturated rings. The molecule has 0 unspecified atom stereocenters. The zero-order chi connectivity index (χ0) is 25.2. The molecule has 4 rings (SSSR count). The fourth-order valence-electron chi connectivity index (χ4n) is 3.37. The summed E-state index contributed by atoms with van der Waals surface area (Å²) in [6.45, 7) is 0. The van der Waals surface area contributed by atoms with Gasteiger partial charge >= 0.3 is 5.57 Å². The standard InChI is InChI=1S/C24H21ClF2N6O2/c1-32(2)21-9-4-15(13-28-21)19-12-16(14-29-22(19)20-10-11-30-33(20)3)23(34)31-17-5-7-18(8-6-17)35-24(25,26)27/h4-14H,1-3H3,(H,31,34). The zero-order valence-corrected chi connectivity index (χ0v) is 19.8. The monoisotopic (exact) mass is 498 g/mol. The molecular weight excluding hydrogens is 478 g/mol. The number of alkyl halides is 3. The van der Waals surface area contributed by atoms with Gasteiger partial charge < -0.3 is 15.0 Å². The minimum atomic E-state index is -3.82. The molecule has 0 aliphatic heterocycles. The second kappa shape index (κ2) is 9.67. The summed E-state index contributed by atoms with van der Waals surface area (Å²) in [6, 6.07) is 12.8. The Balaban J connectivity index is 1.65. The maximum Gasteiger partial charge on any atom is 0.487 e. The highest BCUT2D eigenvalue weighted by molar-refractivity contribution is 6.20. The van der Waals surface area contributed by atoms with Gasteiger partial charge in [-0.25, -0.2) is 4.98 Å². The van der Waals surface area contributed by atoms with Crippen LogP contribution in [-0.4, -0.2) is 45.3 Å². The molecule has 8 nitrogen and oxygen atoms in total. The lowest BCUT2D eigenvalue weighted by molar-refractivity contribution is -0.0964. The van der Waals surface area contributed by atoms with Crippen molar-refractivity contribution in [2.24, 2.45) is 7.05 Å². The number of hydrogen-bond acceptors (Lipinski definition) is 6. The normalized spacial score (nSPS) is 11.3. The van der Waals surface area contributed by atoms with Gasteiger partial charge in [-0.2, -0.15) is 5.10 Å². The average Bonchev–Trinajstić information content (AvgIpc) is 3.24. The van der Waals surface area contributed by atoms with Crippen LogP contribution < -0.4 is 15.0 Å². The van der Waals surface area contributed by atoms with Gasteiger partial charge in [-0.1, -0.05) is 0 Å². The van der Waals surface area contributed by atoms with Crippen molar-refractivity contribution in [2.75, 3.05) is 24.3 Å². The van der Waals surface area contributed by atoms with Crippen LogP contribution in [0.5, 0.6) is 5.75 Å². The van der Waals surface area contributed by atoms with E-state index in [-0.39, 0.29) is 5.75 Å². The van der Waals surface area contributed by atoms with E-state index in [2.05, 4.69) is 25.1 Å². The van der Waals surface area contributed by atoms with Gasteiger partial charge in [0, 0.05) is 68.1 Å². The zero-order valence-electron chi connectivity index (χ0n) is 19.0. The Bertz CT molecular complexity index is 1340. The van der Waals surface area contributed by atoms with E-state index in [1.54, 1.807) is 23.1 Å². The predicted octanol–water partition coefficient (Wildman–Crippen LogP) is 5.03. The Labute approximate surface area is 205 Å². The molecule has 0 saturated heterocycles. The van der Waals surface area contributed by atoms with Crippen molar-refractivity contribution in [1.29, 1.82) is 0 Å². The van der Waals surface area contributed by atoms with Crippen molar-refractivity contribution >= 4 is 29.0 Å². The van der Waals surface area contributed by atoms with E-state index in [9.17, 15) is 13.6 Å². The van der Waals surface area contributed by atoms with Gasteiger partial charge in [0.1, 0.15) is 11.6 Å². The van der Waals surface area contributed by atoms with Crippen molar-refractivity contribution in [2.45, 2.75) is 5.57 Å². The van der Waals surface area contributed by atoms with Gasteiger partial charge in [-0.3, -0.25) is 14.5 Å². The van der Waals surface area contributed by atoms with E-state index in [1.807, 2.05) is 44.2 Å². The Kier molecular flexibility index (Phi) is 6.65. The molecule has 1 amide bonds. The number of hydrogen-bond donors (Lipinski definition) is 1. The number of amides is 1. The summed E-state index contributed by atoms with van der Waals surface area (Å²) in [7, 11) is 5.60. The van der Waals surface area contributed by atoms with Gasteiger partial charge in [-0.15, -0.1) is 8.78 Å². The lowest BCUT2D eigenvalue weighted by Crippen LogP contribution is -2.16. The molecule has 0 saturated carbocycles. The summed E-state index contributed by atoms with van der Waals surface area (Å²) in [5, 5.41) is 6.94. The Morgan fingerprint density at radius 3 is 2.40 bits per heavy atom. The lowest BCUT2D eigenvalue weighted by Gasteiger charge is -2.14. The first kappa shape index (κ1) is 24.1. The number of carbonyl (C=O) groups excluding carboxylic acids is 1. The topological polar surface area (TPSA) is 85.2 Å². The molecule has 0 bridgehead atoms. The van der Waals surface area contributed by atoms with Crippen molar-refractivity contribution < 1.29 is 18.3 Å². The SMILES string of the molecule is CN(C)c1ccc(-c2cc(C(=O)Nc3ccc(OC(F)(F)Cl)cc3)cnc2-c2ccnn2C)cn1. The quantitative estimate of drug-likeness (QED) is 0.360. The van der Waals surface area contributed by atoms with E-state index < -0.39 is 11.5 Å². The molecule has 3 heterocycles. The van der Waals surface area contributed by atoms with Gasteiger partial charge in [0.25, 0.3) is 5.91 Å². The first-order valence-corrected chi connectivity index (χ1v) is 10.8. The smallest absolute Gasteiger partial charge is 0.420 e.